The standard InChI is InChI=1S/C19H29N3O2/c1-4-24-17-6-5-16(11-15(17)2)12-21-18(20-3)22-9-7-19(13-22)8-10-23-14-19/h5-6,11H,4,7-10,12-14H2,1-3H3,(H,20,21). The fourth-order valence-corrected chi connectivity index (χ4v) is 3.74. The summed E-state index contributed by atoms with van der Waals surface area (Å²) in [5, 5.41) is 3.51. The lowest BCUT2D eigenvalue weighted by molar-refractivity contribution is 0.156. The molecule has 0 aromatic heterocycles. The molecule has 1 spiro atoms. The zero-order valence-electron chi connectivity index (χ0n) is 15.1. The third kappa shape index (κ3) is 3.66. The van der Waals surface area contributed by atoms with Crippen LogP contribution in [0.3, 0.4) is 0 Å². The molecule has 2 heterocycles. The molecule has 0 saturated carbocycles. The first-order chi connectivity index (χ1) is 11.7. The van der Waals surface area contributed by atoms with Gasteiger partial charge in [-0.25, -0.2) is 0 Å². The fourth-order valence-electron chi connectivity index (χ4n) is 3.74. The van der Waals surface area contributed by atoms with E-state index in [0.29, 0.717) is 12.0 Å². The molecule has 0 radical (unpaired) electrons. The molecule has 24 heavy (non-hydrogen) atoms. The van der Waals surface area contributed by atoms with Gasteiger partial charge in [-0.05, 0) is 43.9 Å². The van der Waals surface area contributed by atoms with Crippen LogP contribution in [0.4, 0.5) is 0 Å². The topological polar surface area (TPSA) is 46.1 Å². The quantitative estimate of drug-likeness (QED) is 0.680. The number of nitrogens with one attached hydrogen (secondary N) is 1. The Kier molecular flexibility index (Phi) is 5.29. The largest absolute Gasteiger partial charge is 0.494 e. The Morgan fingerprint density at radius 2 is 2.29 bits per heavy atom. The first-order valence-corrected chi connectivity index (χ1v) is 8.91. The predicted molar refractivity (Wildman–Crippen MR) is 96.6 cm³/mol. The van der Waals surface area contributed by atoms with Crippen LogP contribution in [0.5, 0.6) is 5.75 Å². The summed E-state index contributed by atoms with van der Waals surface area (Å²) in [5.41, 5.74) is 2.78. The van der Waals surface area contributed by atoms with E-state index in [4.69, 9.17) is 9.47 Å². The minimum Gasteiger partial charge on any atom is -0.494 e. The van der Waals surface area contributed by atoms with E-state index in [1.54, 1.807) is 0 Å². The minimum atomic E-state index is 0.355. The Labute approximate surface area is 145 Å². The van der Waals surface area contributed by atoms with Gasteiger partial charge in [-0.1, -0.05) is 12.1 Å². The number of guanidine groups is 1. The molecular formula is C19H29N3O2. The summed E-state index contributed by atoms with van der Waals surface area (Å²) in [6.07, 6.45) is 2.38. The lowest BCUT2D eigenvalue weighted by atomic mass is 9.87. The van der Waals surface area contributed by atoms with Crippen molar-refractivity contribution in [1.82, 2.24) is 10.2 Å². The van der Waals surface area contributed by atoms with Crippen molar-refractivity contribution in [3.05, 3.63) is 29.3 Å². The lowest BCUT2D eigenvalue weighted by Gasteiger charge is -2.25. The normalized spacial score (nSPS) is 24.0. The molecule has 2 aliphatic heterocycles. The van der Waals surface area contributed by atoms with Gasteiger partial charge in [0.05, 0.1) is 13.2 Å². The summed E-state index contributed by atoms with van der Waals surface area (Å²) < 4.78 is 11.2. The second kappa shape index (κ2) is 7.43. The molecule has 1 unspecified atom stereocenters. The minimum absolute atomic E-state index is 0.355. The number of hydrogen-bond acceptors (Lipinski definition) is 3. The molecule has 1 N–H and O–H groups in total. The fraction of sp³-hybridized carbons (Fsp3) is 0.632. The predicted octanol–water partition coefficient (Wildman–Crippen LogP) is 2.58. The average Bonchev–Trinajstić information content (AvgIpc) is 3.21. The van der Waals surface area contributed by atoms with Gasteiger partial charge in [0.15, 0.2) is 5.96 Å². The Morgan fingerprint density at radius 1 is 1.42 bits per heavy atom. The molecule has 0 aliphatic carbocycles. The van der Waals surface area contributed by atoms with Gasteiger partial charge in [0.2, 0.25) is 0 Å². The van der Waals surface area contributed by atoms with Crippen molar-refractivity contribution in [3.63, 3.8) is 0 Å². The molecule has 5 nitrogen and oxygen atoms in total. The highest BCUT2D eigenvalue weighted by molar-refractivity contribution is 5.80. The SMILES string of the molecule is CCOc1ccc(CNC(=NC)N2CCC3(CCOC3)C2)cc1C. The maximum atomic E-state index is 5.62. The lowest BCUT2D eigenvalue weighted by Crippen LogP contribution is -2.41. The van der Waals surface area contributed by atoms with Crippen molar-refractivity contribution >= 4 is 5.96 Å². The van der Waals surface area contributed by atoms with Crippen LogP contribution in [-0.4, -0.2) is 50.8 Å². The number of likely N-dealkylation sites (tertiary alicyclic amines) is 1. The van der Waals surface area contributed by atoms with Crippen LogP contribution in [0.2, 0.25) is 0 Å². The Hall–Kier alpha value is -1.75. The van der Waals surface area contributed by atoms with Crippen LogP contribution in [0.15, 0.2) is 23.2 Å². The van der Waals surface area contributed by atoms with Gasteiger partial charge < -0.3 is 19.7 Å². The highest BCUT2D eigenvalue weighted by Gasteiger charge is 2.42. The van der Waals surface area contributed by atoms with Gasteiger partial charge in [0, 0.05) is 38.7 Å². The highest BCUT2D eigenvalue weighted by atomic mass is 16.5. The second-order valence-corrected chi connectivity index (χ2v) is 6.91. The van der Waals surface area contributed by atoms with E-state index < -0.39 is 0 Å². The van der Waals surface area contributed by atoms with Gasteiger partial charge in [0.1, 0.15) is 5.75 Å². The number of aliphatic imine (C=N–C) groups is 1. The smallest absolute Gasteiger partial charge is 0.193 e. The van der Waals surface area contributed by atoms with Gasteiger partial charge in [-0.2, -0.15) is 0 Å². The number of aryl methyl sites for hydroxylation is 1. The third-order valence-electron chi connectivity index (χ3n) is 5.12. The summed E-state index contributed by atoms with van der Waals surface area (Å²) in [5.74, 6) is 1.96. The highest BCUT2D eigenvalue weighted by Crippen LogP contribution is 2.38. The number of rotatable bonds is 4. The van der Waals surface area contributed by atoms with Gasteiger partial charge in [-0.3, -0.25) is 4.99 Å². The van der Waals surface area contributed by atoms with Gasteiger partial charge in [-0.15, -0.1) is 0 Å². The first kappa shape index (κ1) is 17.1. The van der Waals surface area contributed by atoms with E-state index in [-0.39, 0.29) is 0 Å². The van der Waals surface area contributed by atoms with Crippen molar-refractivity contribution in [3.8, 4) is 5.75 Å². The molecule has 2 fully saturated rings. The van der Waals surface area contributed by atoms with Crippen molar-refractivity contribution in [2.45, 2.75) is 33.2 Å². The monoisotopic (exact) mass is 331 g/mol. The van der Waals surface area contributed by atoms with Gasteiger partial charge in [0.25, 0.3) is 0 Å². The zero-order valence-corrected chi connectivity index (χ0v) is 15.1. The molecule has 2 saturated heterocycles. The van der Waals surface area contributed by atoms with Crippen molar-refractivity contribution < 1.29 is 9.47 Å². The third-order valence-corrected chi connectivity index (χ3v) is 5.12. The van der Waals surface area contributed by atoms with Crippen LogP contribution < -0.4 is 10.1 Å². The summed E-state index contributed by atoms with van der Waals surface area (Å²) in [7, 11) is 1.86. The van der Waals surface area contributed by atoms with E-state index in [9.17, 15) is 0 Å². The van der Waals surface area contributed by atoms with E-state index in [1.165, 1.54) is 24.0 Å². The summed E-state index contributed by atoms with van der Waals surface area (Å²) in [6, 6.07) is 6.36. The summed E-state index contributed by atoms with van der Waals surface area (Å²) in [6.45, 7) is 9.50. The summed E-state index contributed by atoms with van der Waals surface area (Å²) in [4.78, 5) is 6.85. The molecule has 5 heteroatoms. The van der Waals surface area contributed by atoms with Crippen molar-refractivity contribution in [1.29, 1.82) is 0 Å². The van der Waals surface area contributed by atoms with E-state index in [1.807, 2.05) is 14.0 Å². The Bertz CT molecular complexity index is 594. The van der Waals surface area contributed by atoms with Crippen LogP contribution in [0, 0.1) is 12.3 Å². The van der Waals surface area contributed by atoms with Crippen LogP contribution >= 0.6 is 0 Å². The maximum Gasteiger partial charge on any atom is 0.193 e. The van der Waals surface area contributed by atoms with Crippen LogP contribution in [-0.2, 0) is 11.3 Å². The first-order valence-electron chi connectivity index (χ1n) is 8.91. The zero-order chi connectivity index (χ0) is 17.0. The van der Waals surface area contributed by atoms with Crippen molar-refractivity contribution in [2.75, 3.05) is 40.0 Å². The molecule has 0 amide bonds. The molecule has 1 atom stereocenters. The maximum absolute atomic E-state index is 5.62. The number of nitrogens with zero attached hydrogens (tertiary/aromatic N) is 2. The second-order valence-electron chi connectivity index (χ2n) is 6.91. The number of benzene rings is 1. The van der Waals surface area contributed by atoms with Crippen LogP contribution in [0.25, 0.3) is 0 Å². The Balaban J connectivity index is 1.58. The molecule has 2 aliphatic rings. The van der Waals surface area contributed by atoms with E-state index in [2.05, 4.69) is 40.3 Å². The average molecular weight is 331 g/mol. The molecular weight excluding hydrogens is 302 g/mol. The van der Waals surface area contributed by atoms with E-state index in [0.717, 1.165) is 44.6 Å². The molecule has 132 valence electrons. The number of ether oxygens (including phenoxy) is 2. The van der Waals surface area contributed by atoms with Crippen molar-refractivity contribution in [2.24, 2.45) is 10.4 Å². The molecule has 1 aromatic rings. The molecule has 3 rings (SSSR count). The van der Waals surface area contributed by atoms with Gasteiger partial charge >= 0.3 is 0 Å². The summed E-state index contributed by atoms with van der Waals surface area (Å²) >= 11 is 0. The number of hydrogen-bond donors (Lipinski definition) is 1. The van der Waals surface area contributed by atoms with E-state index >= 15 is 0 Å². The molecule has 1 aromatic carbocycles. The molecule has 0 bridgehead atoms. The van der Waals surface area contributed by atoms with Crippen LogP contribution in [0.1, 0.15) is 30.9 Å². The Morgan fingerprint density at radius 3 is 2.96 bits per heavy atom.